The maximum Gasteiger partial charge on any atom is 0.257 e. The molecule has 6 nitrogen and oxygen atoms in total. The summed E-state index contributed by atoms with van der Waals surface area (Å²) in [7, 11) is 0. The van der Waals surface area contributed by atoms with Crippen LogP contribution in [0.2, 0.25) is 0 Å². The molecule has 1 aliphatic rings. The van der Waals surface area contributed by atoms with Gasteiger partial charge in [0, 0.05) is 31.2 Å². The van der Waals surface area contributed by atoms with Crippen LogP contribution in [0.5, 0.6) is 0 Å². The Balaban J connectivity index is 1.92. The molecule has 0 unspecified atom stereocenters. The summed E-state index contributed by atoms with van der Waals surface area (Å²) in [6, 6.07) is 0. The summed E-state index contributed by atoms with van der Waals surface area (Å²) in [5.41, 5.74) is 1.41. The van der Waals surface area contributed by atoms with E-state index >= 15 is 0 Å². The van der Waals surface area contributed by atoms with Crippen molar-refractivity contribution in [1.29, 1.82) is 0 Å². The Hall–Kier alpha value is -1.85. The number of H-pyrrole nitrogens is 1. The summed E-state index contributed by atoms with van der Waals surface area (Å²) >= 11 is 0. The molecule has 1 aliphatic heterocycles. The second kappa shape index (κ2) is 5.86. The highest BCUT2D eigenvalue weighted by Gasteiger charge is 2.28. The first-order valence-electron chi connectivity index (χ1n) is 6.70. The van der Waals surface area contributed by atoms with Crippen molar-refractivity contribution < 1.29 is 9.59 Å². The van der Waals surface area contributed by atoms with Gasteiger partial charge in [-0.05, 0) is 26.7 Å². The van der Waals surface area contributed by atoms with E-state index in [9.17, 15) is 9.59 Å². The normalized spacial score (nSPS) is 16.4. The van der Waals surface area contributed by atoms with E-state index in [1.54, 1.807) is 11.1 Å². The Kier molecular flexibility index (Phi) is 4.19. The van der Waals surface area contributed by atoms with E-state index in [1.807, 2.05) is 13.8 Å². The molecule has 104 valence electrons. The van der Waals surface area contributed by atoms with Crippen LogP contribution in [0.15, 0.2) is 6.20 Å². The molecule has 0 atom stereocenters. The van der Waals surface area contributed by atoms with Crippen molar-refractivity contribution in [2.75, 3.05) is 19.6 Å². The van der Waals surface area contributed by atoms with Crippen LogP contribution < -0.4 is 5.32 Å². The Morgan fingerprint density at radius 2 is 2.16 bits per heavy atom. The Morgan fingerprint density at radius 1 is 1.47 bits per heavy atom. The summed E-state index contributed by atoms with van der Waals surface area (Å²) in [6.45, 7) is 5.67. The summed E-state index contributed by atoms with van der Waals surface area (Å²) in [6.07, 6.45) is 3.02. The van der Waals surface area contributed by atoms with Crippen LogP contribution in [-0.4, -0.2) is 46.5 Å². The number of nitrogens with zero attached hydrogens (tertiary/aromatic N) is 2. The fourth-order valence-corrected chi connectivity index (χ4v) is 2.40. The monoisotopic (exact) mass is 264 g/mol. The zero-order valence-electron chi connectivity index (χ0n) is 11.4. The minimum absolute atomic E-state index is 0.000555. The molecule has 1 fully saturated rings. The standard InChI is InChI=1S/C13H20N4O2/c1-3-14-12(18)10-4-6-17(7-5-10)13(19)11-8-15-16-9(11)2/h8,10H,3-7H2,1-2H3,(H,14,18)(H,15,16). The smallest absolute Gasteiger partial charge is 0.257 e. The van der Waals surface area contributed by atoms with Crippen LogP contribution in [0.1, 0.15) is 35.8 Å². The van der Waals surface area contributed by atoms with Gasteiger partial charge in [0.25, 0.3) is 5.91 Å². The third kappa shape index (κ3) is 2.94. The quantitative estimate of drug-likeness (QED) is 0.844. The number of hydrogen-bond donors (Lipinski definition) is 2. The number of rotatable bonds is 3. The maximum absolute atomic E-state index is 12.2. The Morgan fingerprint density at radius 3 is 2.68 bits per heavy atom. The van der Waals surface area contributed by atoms with Gasteiger partial charge in [0.1, 0.15) is 0 Å². The van der Waals surface area contributed by atoms with Crippen LogP contribution in [0.25, 0.3) is 0 Å². The van der Waals surface area contributed by atoms with Crippen molar-refractivity contribution >= 4 is 11.8 Å². The molecular formula is C13H20N4O2. The number of aryl methyl sites for hydroxylation is 1. The number of piperidine rings is 1. The van der Waals surface area contributed by atoms with Gasteiger partial charge >= 0.3 is 0 Å². The van der Waals surface area contributed by atoms with E-state index in [-0.39, 0.29) is 17.7 Å². The number of aromatic amines is 1. The van der Waals surface area contributed by atoms with E-state index in [4.69, 9.17) is 0 Å². The van der Waals surface area contributed by atoms with Gasteiger partial charge in [0.15, 0.2) is 0 Å². The van der Waals surface area contributed by atoms with Gasteiger partial charge in [0.05, 0.1) is 11.8 Å². The fraction of sp³-hybridized carbons (Fsp3) is 0.615. The lowest BCUT2D eigenvalue weighted by Gasteiger charge is -2.31. The second-order valence-electron chi connectivity index (χ2n) is 4.87. The first kappa shape index (κ1) is 13.6. The minimum atomic E-state index is 0.000555. The molecule has 0 saturated carbocycles. The maximum atomic E-state index is 12.2. The molecule has 19 heavy (non-hydrogen) atoms. The van der Waals surface area contributed by atoms with Crippen LogP contribution >= 0.6 is 0 Å². The van der Waals surface area contributed by atoms with E-state index < -0.39 is 0 Å². The van der Waals surface area contributed by atoms with Gasteiger partial charge in [-0.2, -0.15) is 5.10 Å². The molecule has 2 rings (SSSR count). The Labute approximate surface area is 112 Å². The van der Waals surface area contributed by atoms with Crippen molar-refractivity contribution in [3.05, 3.63) is 17.5 Å². The number of carbonyl (C=O) groups is 2. The second-order valence-corrected chi connectivity index (χ2v) is 4.87. The third-order valence-electron chi connectivity index (χ3n) is 3.56. The van der Waals surface area contributed by atoms with E-state index in [0.717, 1.165) is 18.5 Å². The molecule has 0 aliphatic carbocycles. The molecule has 0 aromatic carbocycles. The number of likely N-dealkylation sites (tertiary alicyclic amines) is 1. The predicted octanol–water partition coefficient (Wildman–Crippen LogP) is 0.706. The topological polar surface area (TPSA) is 78.1 Å². The molecule has 2 amide bonds. The summed E-state index contributed by atoms with van der Waals surface area (Å²) in [5, 5.41) is 9.48. The first-order valence-corrected chi connectivity index (χ1v) is 6.70. The lowest BCUT2D eigenvalue weighted by atomic mass is 9.95. The molecule has 1 aromatic rings. The molecule has 0 radical (unpaired) electrons. The van der Waals surface area contributed by atoms with Gasteiger partial charge < -0.3 is 10.2 Å². The molecule has 0 spiro atoms. The molecular weight excluding hydrogens is 244 g/mol. The minimum Gasteiger partial charge on any atom is -0.356 e. The molecule has 1 saturated heterocycles. The number of aromatic nitrogens is 2. The first-order chi connectivity index (χ1) is 9.13. The van der Waals surface area contributed by atoms with Crippen molar-refractivity contribution in [2.45, 2.75) is 26.7 Å². The number of amides is 2. The van der Waals surface area contributed by atoms with Gasteiger partial charge in [-0.15, -0.1) is 0 Å². The highest BCUT2D eigenvalue weighted by molar-refractivity contribution is 5.95. The summed E-state index contributed by atoms with van der Waals surface area (Å²) in [5.74, 6) is 0.143. The molecule has 0 bridgehead atoms. The molecule has 2 N–H and O–H groups in total. The average molecular weight is 264 g/mol. The lowest BCUT2D eigenvalue weighted by Crippen LogP contribution is -2.43. The van der Waals surface area contributed by atoms with E-state index in [0.29, 0.717) is 25.2 Å². The van der Waals surface area contributed by atoms with Crippen molar-refractivity contribution in [2.24, 2.45) is 5.92 Å². The average Bonchev–Trinajstić information content (AvgIpc) is 2.84. The van der Waals surface area contributed by atoms with Crippen LogP contribution in [0.4, 0.5) is 0 Å². The van der Waals surface area contributed by atoms with Gasteiger partial charge in [-0.25, -0.2) is 0 Å². The largest absolute Gasteiger partial charge is 0.356 e. The van der Waals surface area contributed by atoms with Crippen LogP contribution in [-0.2, 0) is 4.79 Å². The lowest BCUT2D eigenvalue weighted by molar-refractivity contribution is -0.126. The van der Waals surface area contributed by atoms with Crippen LogP contribution in [0, 0.1) is 12.8 Å². The number of nitrogens with one attached hydrogen (secondary N) is 2. The highest BCUT2D eigenvalue weighted by atomic mass is 16.2. The highest BCUT2D eigenvalue weighted by Crippen LogP contribution is 2.19. The van der Waals surface area contributed by atoms with Gasteiger partial charge in [-0.1, -0.05) is 0 Å². The zero-order valence-corrected chi connectivity index (χ0v) is 11.4. The number of hydrogen-bond acceptors (Lipinski definition) is 3. The summed E-state index contributed by atoms with van der Waals surface area (Å²) in [4.78, 5) is 25.8. The SMILES string of the molecule is CCNC(=O)C1CCN(C(=O)c2cn[nH]c2C)CC1. The third-order valence-corrected chi connectivity index (χ3v) is 3.56. The molecule has 6 heteroatoms. The van der Waals surface area contributed by atoms with E-state index in [2.05, 4.69) is 15.5 Å². The van der Waals surface area contributed by atoms with Crippen molar-refractivity contribution in [3.8, 4) is 0 Å². The fourth-order valence-electron chi connectivity index (χ4n) is 2.40. The zero-order chi connectivity index (χ0) is 13.8. The van der Waals surface area contributed by atoms with Crippen LogP contribution in [0.3, 0.4) is 0 Å². The predicted molar refractivity (Wildman–Crippen MR) is 70.6 cm³/mol. The van der Waals surface area contributed by atoms with Gasteiger partial charge in [-0.3, -0.25) is 14.7 Å². The summed E-state index contributed by atoms with van der Waals surface area (Å²) < 4.78 is 0. The molecule has 2 heterocycles. The van der Waals surface area contributed by atoms with Gasteiger partial charge in [0.2, 0.25) is 5.91 Å². The van der Waals surface area contributed by atoms with Crippen molar-refractivity contribution in [1.82, 2.24) is 20.4 Å². The van der Waals surface area contributed by atoms with E-state index in [1.165, 1.54) is 0 Å². The van der Waals surface area contributed by atoms with Crippen molar-refractivity contribution in [3.63, 3.8) is 0 Å². The molecule has 1 aromatic heterocycles. The Bertz CT molecular complexity index is 461. The number of carbonyl (C=O) groups excluding carboxylic acids is 2.